The first-order valence-corrected chi connectivity index (χ1v) is 24.6. The van der Waals surface area contributed by atoms with Gasteiger partial charge in [-0.25, -0.2) is 4.99 Å². The van der Waals surface area contributed by atoms with Crippen LogP contribution in [0.15, 0.2) is 60.1 Å². The van der Waals surface area contributed by atoms with Gasteiger partial charge in [-0.1, -0.05) is 44.4 Å². The van der Waals surface area contributed by atoms with E-state index in [1.165, 1.54) is 16.7 Å². The molecule has 3 aliphatic rings. The van der Waals surface area contributed by atoms with Gasteiger partial charge < -0.3 is 58.2 Å². The summed E-state index contributed by atoms with van der Waals surface area (Å²) in [7, 11) is 3.29. The number of unbranched alkanes of at least 4 members (excludes halogenated alkanes) is 1. The van der Waals surface area contributed by atoms with Crippen LogP contribution in [0.3, 0.4) is 0 Å². The molecule has 1 aromatic heterocycles. The van der Waals surface area contributed by atoms with Gasteiger partial charge in [0.15, 0.2) is 11.5 Å². The Labute approximate surface area is 458 Å². The van der Waals surface area contributed by atoms with Crippen molar-refractivity contribution in [1.82, 2.24) is 4.98 Å². The number of carbonyl (C=O) groups is 2. The number of aliphatic carboxylic acids is 2. The predicted molar refractivity (Wildman–Crippen MR) is 277 cm³/mol. The number of rotatable bonds is 28. The first-order chi connectivity index (χ1) is 34.3. The number of nitrogens with zero attached hydrogens (tertiary/aromatic N) is 5. The van der Waals surface area contributed by atoms with Crippen LogP contribution in [-0.2, 0) is 57.3 Å². The van der Waals surface area contributed by atoms with Crippen LogP contribution in [0.4, 0.5) is 11.4 Å². The smallest absolute Gasteiger partial charge is 0.300 e. The standard InChI is InChI=1S/C49H70N5O9.2C2H4O2.Gd/c1-8-11-13-38-34(4)46-32-50-44-30-48(62-26-24-60-22-20-58-18-16-56-6)49(63-27-25-61-23-21-59-19-17-57-7)31-45(44)51-33-47-35(5)39(14-12-15-55)43(54-47)29-41-37(10-3)36(9-2)40(52-41)28-42(38)53-46;2*1-2(3)4;/h29-33,42,55H,8-28H2,1-7H3;2*1H3,(H,3,4);/q-1;;;/b43-29-,50-32?,51-33?;;;. The maximum absolute atomic E-state index is 9.87. The zero-order chi connectivity index (χ0) is 52.0. The van der Waals surface area contributed by atoms with Gasteiger partial charge in [-0.3, -0.25) is 24.6 Å². The van der Waals surface area contributed by atoms with Crippen LogP contribution >= 0.6 is 0 Å². The second kappa shape index (κ2) is 36.8. The minimum absolute atomic E-state index is 0. The Morgan fingerprint density at radius 1 is 0.681 bits per heavy atom. The summed E-state index contributed by atoms with van der Waals surface area (Å²) in [6.07, 6.45) is 12.7. The summed E-state index contributed by atoms with van der Waals surface area (Å²) in [6, 6.07) is 3.68. The van der Waals surface area contributed by atoms with Crippen LogP contribution in [0.2, 0.25) is 0 Å². The fourth-order valence-corrected chi connectivity index (χ4v) is 7.83. The number of aliphatic hydroxyl groups excluding tert-OH is 1. The van der Waals surface area contributed by atoms with E-state index in [1.807, 2.05) is 18.3 Å². The Morgan fingerprint density at radius 2 is 1.17 bits per heavy atom. The zero-order valence-corrected chi connectivity index (χ0v) is 46.1. The Hall–Kier alpha value is -4.02. The number of carboxylic acids is 2. The van der Waals surface area contributed by atoms with Gasteiger partial charge in [0.25, 0.3) is 11.9 Å². The van der Waals surface area contributed by atoms with Gasteiger partial charge in [0.2, 0.25) is 0 Å². The Balaban J connectivity index is 0.00000183. The van der Waals surface area contributed by atoms with Gasteiger partial charge in [-0.2, -0.15) is 5.69 Å². The molecule has 1 atom stereocenters. The largest absolute Gasteiger partial charge is 0.661 e. The number of allylic oxidation sites excluding steroid dienone is 3. The van der Waals surface area contributed by atoms with Gasteiger partial charge in [0.05, 0.1) is 113 Å². The monoisotopic (exact) mass is 1150 g/mol. The Morgan fingerprint density at radius 3 is 1.64 bits per heavy atom. The molecule has 0 saturated heterocycles. The summed E-state index contributed by atoms with van der Waals surface area (Å²) in [4.78, 5) is 44.0. The molecule has 0 spiro atoms. The van der Waals surface area contributed by atoms with E-state index in [0.717, 1.165) is 97.6 Å². The molecule has 0 amide bonds. The molecular formula is C53H78GdN5O13-. The topological polar surface area (TPSA) is 232 Å². The number of methoxy groups -OCH3 is 2. The van der Waals surface area contributed by atoms with Crippen molar-refractivity contribution in [1.29, 1.82) is 0 Å². The van der Waals surface area contributed by atoms with E-state index in [-0.39, 0.29) is 65.8 Å². The molecule has 2 aromatic rings. The minimum Gasteiger partial charge on any atom is -0.661 e. The maximum Gasteiger partial charge on any atom is 0.300 e. The van der Waals surface area contributed by atoms with Crippen LogP contribution in [0.1, 0.15) is 103 Å². The van der Waals surface area contributed by atoms with Crippen molar-refractivity contribution in [3.8, 4) is 11.5 Å². The van der Waals surface area contributed by atoms with Crippen LogP contribution in [0.5, 0.6) is 11.5 Å². The summed E-state index contributed by atoms with van der Waals surface area (Å²) < 4.78 is 45.4. The average molecular weight is 1150 g/mol. The number of aliphatic hydroxyl groups is 1. The summed E-state index contributed by atoms with van der Waals surface area (Å²) >= 11 is 0. The van der Waals surface area contributed by atoms with E-state index in [1.54, 1.807) is 20.4 Å². The predicted octanol–water partition coefficient (Wildman–Crippen LogP) is 7.94. The molecule has 0 saturated carbocycles. The van der Waals surface area contributed by atoms with E-state index >= 15 is 0 Å². The van der Waals surface area contributed by atoms with Crippen molar-refractivity contribution in [2.75, 3.05) is 100 Å². The van der Waals surface area contributed by atoms with Crippen LogP contribution in [0.25, 0.3) is 6.08 Å². The van der Waals surface area contributed by atoms with Crippen LogP contribution < -0.4 is 14.5 Å². The van der Waals surface area contributed by atoms with Gasteiger partial charge >= 0.3 is 0 Å². The number of hydrogen-bond acceptors (Lipinski definition) is 15. The molecule has 18 nitrogen and oxygen atoms in total. The molecule has 19 heteroatoms. The molecule has 0 aliphatic carbocycles. The molecule has 1 aromatic carbocycles. The number of carboxylic acid groups (broad SMARTS) is 2. The molecule has 6 bridgehead atoms. The molecule has 402 valence electrons. The summed E-state index contributed by atoms with van der Waals surface area (Å²) in [5.41, 5.74) is 12.8. The van der Waals surface area contributed by atoms with E-state index in [9.17, 15) is 5.11 Å². The second-order valence-corrected chi connectivity index (χ2v) is 16.5. The molecular weight excluding hydrogens is 1070 g/mol. The van der Waals surface area contributed by atoms with E-state index < -0.39 is 11.9 Å². The number of hydrogen-bond donors (Lipinski definition) is 3. The number of aromatic nitrogens is 1. The third-order valence-electron chi connectivity index (χ3n) is 11.2. The van der Waals surface area contributed by atoms with Crippen molar-refractivity contribution in [3.05, 3.63) is 62.6 Å². The average Bonchev–Trinajstić information content (AvgIpc) is 3.94. The number of benzene rings is 1. The maximum atomic E-state index is 9.87. The number of ether oxygens (including phenoxy) is 8. The molecule has 0 fully saturated rings. The van der Waals surface area contributed by atoms with E-state index in [2.05, 4.69) is 40.7 Å². The quantitative estimate of drug-likeness (QED) is 0.0687. The first kappa shape index (κ1) is 64.1. The third-order valence-corrected chi connectivity index (χ3v) is 11.2. The van der Waals surface area contributed by atoms with Gasteiger partial charge in [-0.15, -0.1) is 5.69 Å². The van der Waals surface area contributed by atoms with Gasteiger partial charge in [0, 0.05) is 86.7 Å². The van der Waals surface area contributed by atoms with Crippen molar-refractivity contribution < 1.29 is 103 Å². The zero-order valence-electron chi connectivity index (χ0n) is 43.8. The van der Waals surface area contributed by atoms with E-state index in [0.29, 0.717) is 102 Å². The summed E-state index contributed by atoms with van der Waals surface area (Å²) in [5, 5.41) is 24.7. The van der Waals surface area contributed by atoms with Crippen molar-refractivity contribution in [3.63, 3.8) is 0 Å². The number of aliphatic imine (C=N–C) groups is 4. The second-order valence-electron chi connectivity index (χ2n) is 16.5. The summed E-state index contributed by atoms with van der Waals surface area (Å²) in [5.74, 6) is -0.674. The van der Waals surface area contributed by atoms with E-state index in [4.69, 9.17) is 82.7 Å². The molecule has 1 unspecified atom stereocenters. The van der Waals surface area contributed by atoms with Crippen molar-refractivity contribution >= 4 is 53.2 Å². The number of fused-ring (bicyclic) bond motifs is 5. The Kier molecular flexibility index (Phi) is 32.8. The van der Waals surface area contributed by atoms with Gasteiger partial charge in [-0.05, 0) is 81.1 Å². The van der Waals surface area contributed by atoms with Crippen molar-refractivity contribution in [2.45, 2.75) is 106 Å². The molecule has 3 N–H and O–H groups in total. The summed E-state index contributed by atoms with van der Waals surface area (Å²) in [6.45, 7) is 18.2. The van der Waals surface area contributed by atoms with Crippen LogP contribution in [-0.4, -0.2) is 157 Å². The minimum atomic E-state index is -0.833. The first-order valence-electron chi connectivity index (χ1n) is 24.6. The Bertz CT molecular complexity index is 2190. The normalized spacial score (nSPS) is 15.5. The molecule has 3 aliphatic heterocycles. The molecule has 4 heterocycles. The fraction of sp³-hybridized carbons (Fsp3) is 0.585. The fourth-order valence-electron chi connectivity index (χ4n) is 7.83. The molecule has 0 radical (unpaired) electrons. The van der Waals surface area contributed by atoms with Crippen molar-refractivity contribution in [2.24, 2.45) is 20.0 Å². The SMILES string of the molecule is CC(=O)O.CC(=O)O.CCCCC1=C(C)C2=NC1Cc1[n-]c(c(CC)c1CC)/C=C1\N=C(C=Nc3cc(OCCOCCOCCOC)c(OCCOCCOCCOC)cc3N=C2)C(C)=C1CCCO.[Gd]. The van der Waals surface area contributed by atoms with Crippen LogP contribution in [0, 0.1) is 39.9 Å². The molecule has 72 heavy (non-hydrogen) atoms. The third kappa shape index (κ3) is 22.2. The van der Waals surface area contributed by atoms with Gasteiger partial charge in [0.1, 0.15) is 13.2 Å². The molecule has 5 rings (SSSR count).